The second-order valence-electron chi connectivity index (χ2n) is 4.98. The van der Waals surface area contributed by atoms with Gasteiger partial charge in [-0.3, -0.25) is 10.1 Å². The molecule has 0 bridgehead atoms. The Hall–Kier alpha value is -3.59. The van der Waals surface area contributed by atoms with Gasteiger partial charge in [0.05, 0.1) is 23.7 Å². The van der Waals surface area contributed by atoms with E-state index in [2.05, 4.69) is 12.6 Å². The predicted octanol–water partition coefficient (Wildman–Crippen LogP) is 4.23. The fraction of sp³-hybridized carbons (Fsp3) is 0.105. The van der Waals surface area contributed by atoms with Gasteiger partial charge < -0.3 is 9.47 Å². The number of nitro groups is 1. The molecule has 0 aromatic heterocycles. The molecule has 2 rings (SSSR count). The number of benzene rings is 2. The topological polar surface area (TPSA) is 85.4 Å². The highest BCUT2D eigenvalue weighted by atomic mass is 16.6. The maximum Gasteiger partial charge on any atom is 0.269 e. The largest absolute Gasteiger partial charge is 0.493 e. The first-order valence-corrected chi connectivity index (χ1v) is 7.37. The molecule has 2 aromatic rings. The van der Waals surface area contributed by atoms with Gasteiger partial charge in [-0.05, 0) is 41.5 Å². The molecule has 0 atom stereocenters. The number of nitrogens with zero attached hydrogens (tertiary/aromatic N) is 2. The number of non-ortho nitro benzene ring substituents is 1. The second-order valence-corrected chi connectivity index (χ2v) is 4.98. The number of hydrogen-bond donors (Lipinski definition) is 0. The van der Waals surface area contributed by atoms with Crippen LogP contribution in [0.5, 0.6) is 11.5 Å². The fourth-order valence-electron chi connectivity index (χ4n) is 2.15. The number of allylic oxidation sites excluding steroid dienone is 1. The Morgan fingerprint density at radius 2 is 2.00 bits per heavy atom. The number of methoxy groups -OCH3 is 1. The molecule has 25 heavy (non-hydrogen) atoms. The van der Waals surface area contributed by atoms with Crippen molar-refractivity contribution >= 4 is 17.3 Å². The molecule has 0 saturated heterocycles. The van der Waals surface area contributed by atoms with Gasteiger partial charge in [0.1, 0.15) is 6.61 Å². The lowest BCUT2D eigenvalue weighted by Crippen LogP contribution is -1.96. The van der Waals surface area contributed by atoms with E-state index in [9.17, 15) is 15.4 Å². The second kappa shape index (κ2) is 8.31. The molecule has 2 aromatic carbocycles. The summed E-state index contributed by atoms with van der Waals surface area (Å²) < 4.78 is 10.8. The summed E-state index contributed by atoms with van der Waals surface area (Å²) in [5.41, 5.74) is 1.71. The monoisotopic (exact) mass is 336 g/mol. The number of nitriles is 1. The first kappa shape index (κ1) is 17.8. The summed E-state index contributed by atoms with van der Waals surface area (Å²) in [6.07, 6.45) is 3.32. The van der Waals surface area contributed by atoms with E-state index in [1.807, 2.05) is 0 Å². The van der Waals surface area contributed by atoms with Crippen molar-refractivity contribution < 1.29 is 14.4 Å². The van der Waals surface area contributed by atoms with Gasteiger partial charge >= 0.3 is 0 Å². The molecule has 0 saturated carbocycles. The molecule has 0 spiro atoms. The highest BCUT2D eigenvalue weighted by molar-refractivity contribution is 5.90. The van der Waals surface area contributed by atoms with Crippen LogP contribution in [0.15, 0.2) is 55.1 Å². The van der Waals surface area contributed by atoms with Crippen LogP contribution < -0.4 is 9.47 Å². The molecular weight excluding hydrogens is 320 g/mol. The van der Waals surface area contributed by atoms with E-state index >= 15 is 0 Å². The van der Waals surface area contributed by atoms with E-state index in [4.69, 9.17) is 9.47 Å². The molecule has 6 heteroatoms. The molecule has 0 N–H and O–H groups in total. The van der Waals surface area contributed by atoms with E-state index < -0.39 is 4.92 Å². The smallest absolute Gasteiger partial charge is 0.269 e. The zero-order valence-corrected chi connectivity index (χ0v) is 13.6. The summed E-state index contributed by atoms with van der Waals surface area (Å²) >= 11 is 0. The van der Waals surface area contributed by atoms with Crippen LogP contribution in [0.4, 0.5) is 5.69 Å². The van der Waals surface area contributed by atoms with Gasteiger partial charge in [-0.25, -0.2) is 0 Å². The first-order chi connectivity index (χ1) is 12.1. The van der Waals surface area contributed by atoms with Crippen molar-refractivity contribution in [2.24, 2.45) is 0 Å². The van der Waals surface area contributed by atoms with Gasteiger partial charge in [-0.2, -0.15) is 5.26 Å². The van der Waals surface area contributed by atoms with Gasteiger partial charge in [0, 0.05) is 12.1 Å². The molecule has 0 fully saturated rings. The predicted molar refractivity (Wildman–Crippen MR) is 95.3 cm³/mol. The molecule has 0 aliphatic carbocycles. The third kappa shape index (κ3) is 4.45. The molecule has 0 aliphatic rings. The van der Waals surface area contributed by atoms with Crippen molar-refractivity contribution in [1.29, 1.82) is 5.26 Å². The Kier molecular flexibility index (Phi) is 5.91. The van der Waals surface area contributed by atoms with Crippen molar-refractivity contribution in [2.45, 2.75) is 0 Å². The van der Waals surface area contributed by atoms with E-state index in [0.29, 0.717) is 29.2 Å². The van der Waals surface area contributed by atoms with Crippen LogP contribution in [-0.4, -0.2) is 18.6 Å². The summed E-state index contributed by atoms with van der Waals surface area (Å²) in [5.74, 6) is 1.12. The van der Waals surface area contributed by atoms with Crippen LogP contribution in [0.1, 0.15) is 11.1 Å². The van der Waals surface area contributed by atoms with Crippen molar-refractivity contribution in [3.63, 3.8) is 0 Å². The summed E-state index contributed by atoms with van der Waals surface area (Å²) in [7, 11) is 1.53. The minimum absolute atomic E-state index is 0.0218. The Bertz CT molecular complexity index is 849. The summed E-state index contributed by atoms with van der Waals surface area (Å²) in [4.78, 5) is 10.2. The van der Waals surface area contributed by atoms with Gasteiger partial charge in [-0.15, -0.1) is 0 Å². The van der Waals surface area contributed by atoms with Crippen molar-refractivity contribution in [3.8, 4) is 17.6 Å². The van der Waals surface area contributed by atoms with Gasteiger partial charge in [0.25, 0.3) is 5.69 Å². The Morgan fingerprint density at radius 3 is 2.56 bits per heavy atom. The standard InChI is InChI=1S/C19H16N2O4/c1-3-10-25-18-9-4-14(12-19(18)24-2)11-16(13-20)15-5-7-17(8-6-15)21(22)23/h3-9,11-12H,1,10H2,2H3/b16-11-. The van der Waals surface area contributed by atoms with Crippen LogP contribution in [0.3, 0.4) is 0 Å². The van der Waals surface area contributed by atoms with Crippen LogP contribution >= 0.6 is 0 Å². The maximum absolute atomic E-state index is 10.7. The van der Waals surface area contributed by atoms with Crippen molar-refractivity contribution in [3.05, 3.63) is 76.4 Å². The number of ether oxygens (including phenoxy) is 2. The Balaban J connectivity index is 2.34. The SMILES string of the molecule is C=CCOc1ccc(/C=C(/C#N)c2ccc([N+](=O)[O-])cc2)cc1OC. The number of hydrogen-bond acceptors (Lipinski definition) is 5. The zero-order chi connectivity index (χ0) is 18.2. The molecule has 0 heterocycles. The van der Waals surface area contributed by atoms with Gasteiger partial charge in [-0.1, -0.05) is 18.7 Å². The molecule has 0 aliphatic heterocycles. The number of nitro benzene ring substituents is 1. The van der Waals surface area contributed by atoms with Crippen LogP contribution in [-0.2, 0) is 0 Å². The third-order valence-electron chi connectivity index (χ3n) is 3.36. The van der Waals surface area contributed by atoms with Crippen molar-refractivity contribution in [1.82, 2.24) is 0 Å². The lowest BCUT2D eigenvalue weighted by Gasteiger charge is -2.10. The Morgan fingerprint density at radius 1 is 1.28 bits per heavy atom. The minimum atomic E-state index is -0.480. The molecule has 0 amide bonds. The van der Waals surface area contributed by atoms with Gasteiger partial charge in [0.2, 0.25) is 0 Å². The molecule has 0 unspecified atom stereocenters. The van der Waals surface area contributed by atoms with Crippen LogP contribution in [0, 0.1) is 21.4 Å². The molecule has 6 nitrogen and oxygen atoms in total. The van der Waals surface area contributed by atoms with Crippen LogP contribution in [0.2, 0.25) is 0 Å². The van der Waals surface area contributed by atoms with Crippen LogP contribution in [0.25, 0.3) is 11.6 Å². The maximum atomic E-state index is 10.7. The lowest BCUT2D eigenvalue weighted by atomic mass is 10.0. The summed E-state index contributed by atoms with van der Waals surface area (Å²) in [6, 6.07) is 13.2. The average molecular weight is 336 g/mol. The highest BCUT2D eigenvalue weighted by Gasteiger charge is 2.08. The summed E-state index contributed by atoms with van der Waals surface area (Å²) in [6.45, 7) is 3.96. The molecule has 126 valence electrons. The first-order valence-electron chi connectivity index (χ1n) is 7.37. The minimum Gasteiger partial charge on any atom is -0.493 e. The lowest BCUT2D eigenvalue weighted by molar-refractivity contribution is -0.384. The third-order valence-corrected chi connectivity index (χ3v) is 3.36. The Labute approximate surface area is 145 Å². The molecular formula is C19H16N2O4. The number of rotatable bonds is 7. The average Bonchev–Trinajstić information content (AvgIpc) is 2.64. The quantitative estimate of drug-likeness (QED) is 0.248. The normalized spacial score (nSPS) is 10.6. The van der Waals surface area contributed by atoms with E-state index in [1.54, 1.807) is 42.5 Å². The fourth-order valence-corrected chi connectivity index (χ4v) is 2.15. The van der Waals surface area contributed by atoms with E-state index in [1.165, 1.54) is 19.2 Å². The van der Waals surface area contributed by atoms with E-state index in [0.717, 1.165) is 5.56 Å². The van der Waals surface area contributed by atoms with Gasteiger partial charge in [0.15, 0.2) is 11.5 Å². The van der Waals surface area contributed by atoms with Crippen molar-refractivity contribution in [2.75, 3.05) is 13.7 Å². The molecule has 0 radical (unpaired) electrons. The zero-order valence-electron chi connectivity index (χ0n) is 13.6. The highest BCUT2D eigenvalue weighted by Crippen LogP contribution is 2.30. The summed E-state index contributed by atoms with van der Waals surface area (Å²) in [5, 5.41) is 20.1. The van der Waals surface area contributed by atoms with E-state index in [-0.39, 0.29) is 5.69 Å².